The Labute approximate surface area is 156 Å². The van der Waals surface area contributed by atoms with E-state index in [0.717, 1.165) is 77.2 Å². The van der Waals surface area contributed by atoms with Crippen LogP contribution in [-0.2, 0) is 17.8 Å². The largest absolute Gasteiger partial charge is 0.342 e. The fourth-order valence-electron chi connectivity index (χ4n) is 3.70. The molecule has 0 atom stereocenters. The number of carbonyl (C=O) groups excluding carboxylic acids is 1. The van der Waals surface area contributed by atoms with Gasteiger partial charge >= 0.3 is 0 Å². The van der Waals surface area contributed by atoms with Crippen molar-refractivity contribution in [3.05, 3.63) is 11.7 Å². The maximum atomic E-state index is 12.5. The zero-order valence-corrected chi connectivity index (χ0v) is 16.2. The first-order valence-corrected chi connectivity index (χ1v) is 10.3. The highest BCUT2D eigenvalue weighted by Crippen LogP contribution is 2.12. The van der Waals surface area contributed by atoms with E-state index in [1.54, 1.807) is 0 Å². The van der Waals surface area contributed by atoms with Crippen molar-refractivity contribution in [3.8, 4) is 0 Å². The van der Waals surface area contributed by atoms with Crippen molar-refractivity contribution in [2.24, 2.45) is 0 Å². The smallest absolute Gasteiger partial charge is 0.240 e. The second-order valence-corrected chi connectivity index (χ2v) is 7.56. The van der Waals surface area contributed by atoms with Gasteiger partial charge in [-0.3, -0.25) is 14.6 Å². The predicted octanol–water partition coefficient (Wildman–Crippen LogP) is 1.93. The third-order valence-electron chi connectivity index (χ3n) is 5.41. The molecule has 0 spiro atoms. The summed E-state index contributed by atoms with van der Waals surface area (Å²) < 4.78 is 5.37. The summed E-state index contributed by atoms with van der Waals surface area (Å²) in [6, 6.07) is 0. The first kappa shape index (κ1) is 19.3. The van der Waals surface area contributed by atoms with Gasteiger partial charge in [0.1, 0.15) is 0 Å². The van der Waals surface area contributed by atoms with E-state index in [2.05, 4.69) is 31.8 Å². The van der Waals surface area contributed by atoms with Crippen molar-refractivity contribution in [1.82, 2.24) is 24.8 Å². The fourth-order valence-corrected chi connectivity index (χ4v) is 3.70. The van der Waals surface area contributed by atoms with Crippen molar-refractivity contribution in [1.29, 1.82) is 0 Å². The van der Waals surface area contributed by atoms with Crippen molar-refractivity contribution >= 4 is 5.91 Å². The highest BCUT2D eigenvalue weighted by molar-refractivity contribution is 5.78. The molecule has 0 saturated carbocycles. The Kier molecular flexibility index (Phi) is 7.43. The Morgan fingerprint density at radius 1 is 1.00 bits per heavy atom. The first-order valence-electron chi connectivity index (χ1n) is 10.3. The maximum Gasteiger partial charge on any atom is 0.240 e. The Morgan fingerprint density at radius 3 is 2.38 bits per heavy atom. The number of nitrogens with zero attached hydrogens (tertiary/aromatic N) is 5. The molecule has 1 aromatic rings. The Morgan fingerprint density at radius 2 is 1.69 bits per heavy atom. The molecular weight excluding hydrogens is 330 g/mol. The lowest BCUT2D eigenvalue weighted by atomic mass is 10.2. The van der Waals surface area contributed by atoms with Gasteiger partial charge in [-0.1, -0.05) is 31.3 Å². The molecule has 2 saturated heterocycles. The molecule has 146 valence electrons. The summed E-state index contributed by atoms with van der Waals surface area (Å²) in [5, 5.41) is 4.06. The molecule has 0 aliphatic carbocycles. The van der Waals surface area contributed by atoms with Crippen LogP contribution in [0.4, 0.5) is 0 Å². The molecule has 1 amide bonds. The summed E-state index contributed by atoms with van der Waals surface area (Å²) in [5.41, 5.74) is 0. The van der Waals surface area contributed by atoms with E-state index >= 15 is 0 Å². The van der Waals surface area contributed by atoms with Gasteiger partial charge in [-0.15, -0.1) is 0 Å². The summed E-state index contributed by atoms with van der Waals surface area (Å²) >= 11 is 0. The molecule has 2 aliphatic heterocycles. The Balaban J connectivity index is 1.38. The zero-order chi connectivity index (χ0) is 18.2. The molecule has 3 rings (SSSR count). The van der Waals surface area contributed by atoms with Gasteiger partial charge in [0, 0.05) is 45.7 Å². The van der Waals surface area contributed by atoms with E-state index in [4.69, 9.17) is 4.52 Å². The quantitative estimate of drug-likeness (QED) is 0.737. The van der Waals surface area contributed by atoms with Crippen LogP contribution < -0.4 is 0 Å². The lowest BCUT2D eigenvalue weighted by molar-refractivity contribution is -0.132. The molecule has 0 radical (unpaired) electrons. The average Bonchev–Trinajstić information content (AvgIpc) is 2.92. The standard InChI is InChI=1S/C19H33N5O2/c1-2-3-8-17-20-18(26-21-17)15-22-11-13-23(14-12-22)16-19(25)24-9-6-4-5-7-10-24/h2-16H2,1H3. The molecule has 3 heterocycles. The summed E-state index contributed by atoms with van der Waals surface area (Å²) in [6.45, 7) is 9.07. The third kappa shape index (κ3) is 5.77. The van der Waals surface area contributed by atoms with Gasteiger partial charge in [-0.2, -0.15) is 4.98 Å². The average molecular weight is 364 g/mol. The lowest BCUT2D eigenvalue weighted by Crippen LogP contribution is -2.49. The first-order chi connectivity index (χ1) is 12.7. The molecule has 26 heavy (non-hydrogen) atoms. The molecule has 2 aliphatic rings. The van der Waals surface area contributed by atoms with Gasteiger partial charge < -0.3 is 9.42 Å². The van der Waals surface area contributed by atoms with E-state index < -0.39 is 0 Å². The van der Waals surface area contributed by atoms with Crippen molar-refractivity contribution in [2.45, 2.75) is 58.4 Å². The molecule has 2 fully saturated rings. The Hall–Kier alpha value is -1.47. The zero-order valence-electron chi connectivity index (χ0n) is 16.2. The molecule has 0 bridgehead atoms. The van der Waals surface area contributed by atoms with Gasteiger partial charge in [0.2, 0.25) is 11.8 Å². The van der Waals surface area contributed by atoms with Crippen molar-refractivity contribution in [2.75, 3.05) is 45.8 Å². The number of aryl methyl sites for hydroxylation is 1. The van der Waals surface area contributed by atoms with Gasteiger partial charge in [0.15, 0.2) is 5.82 Å². The number of rotatable bonds is 7. The van der Waals surface area contributed by atoms with E-state index in [9.17, 15) is 4.79 Å². The topological polar surface area (TPSA) is 65.7 Å². The van der Waals surface area contributed by atoms with Crippen LogP contribution in [-0.4, -0.2) is 76.6 Å². The number of hydrogen-bond acceptors (Lipinski definition) is 6. The highest BCUT2D eigenvalue weighted by Gasteiger charge is 2.23. The fraction of sp³-hybridized carbons (Fsp3) is 0.842. The van der Waals surface area contributed by atoms with Crippen LogP contribution in [0.2, 0.25) is 0 Å². The van der Waals surface area contributed by atoms with Crippen molar-refractivity contribution in [3.63, 3.8) is 0 Å². The van der Waals surface area contributed by atoms with Gasteiger partial charge in [-0.05, 0) is 19.3 Å². The highest BCUT2D eigenvalue weighted by atomic mass is 16.5. The molecule has 7 heteroatoms. The van der Waals surface area contributed by atoms with E-state index in [1.165, 1.54) is 12.8 Å². The minimum Gasteiger partial charge on any atom is -0.342 e. The second kappa shape index (κ2) is 10.0. The number of piperazine rings is 1. The van der Waals surface area contributed by atoms with Gasteiger partial charge in [0.05, 0.1) is 13.1 Å². The normalized spacial score (nSPS) is 20.3. The number of unbranched alkanes of at least 4 members (excludes halogenated alkanes) is 1. The number of aromatic nitrogens is 2. The molecule has 0 unspecified atom stereocenters. The minimum atomic E-state index is 0.304. The summed E-state index contributed by atoms with van der Waals surface area (Å²) in [4.78, 5) is 23.7. The number of likely N-dealkylation sites (tertiary alicyclic amines) is 1. The minimum absolute atomic E-state index is 0.304. The van der Waals surface area contributed by atoms with Gasteiger partial charge in [-0.25, -0.2) is 0 Å². The van der Waals surface area contributed by atoms with Crippen LogP contribution in [0.25, 0.3) is 0 Å². The van der Waals surface area contributed by atoms with Crippen molar-refractivity contribution < 1.29 is 9.32 Å². The number of amides is 1. The molecule has 0 aromatic carbocycles. The number of carbonyl (C=O) groups is 1. The lowest BCUT2D eigenvalue weighted by Gasteiger charge is -2.34. The summed E-state index contributed by atoms with van der Waals surface area (Å²) in [7, 11) is 0. The van der Waals surface area contributed by atoms with Crippen LogP contribution in [0.1, 0.15) is 57.2 Å². The molecule has 7 nitrogen and oxygen atoms in total. The molecule has 1 aromatic heterocycles. The third-order valence-corrected chi connectivity index (χ3v) is 5.41. The summed E-state index contributed by atoms with van der Waals surface area (Å²) in [5.74, 6) is 1.84. The van der Waals surface area contributed by atoms with Gasteiger partial charge in [0.25, 0.3) is 0 Å². The monoisotopic (exact) mass is 363 g/mol. The molecular formula is C19H33N5O2. The van der Waals surface area contributed by atoms with Crippen LogP contribution >= 0.6 is 0 Å². The van der Waals surface area contributed by atoms with E-state index in [-0.39, 0.29) is 0 Å². The predicted molar refractivity (Wildman–Crippen MR) is 99.7 cm³/mol. The van der Waals surface area contributed by atoms with Crippen LogP contribution in [0.3, 0.4) is 0 Å². The van der Waals surface area contributed by atoms with E-state index in [0.29, 0.717) is 24.9 Å². The maximum absolute atomic E-state index is 12.5. The van der Waals surface area contributed by atoms with Crippen LogP contribution in [0.5, 0.6) is 0 Å². The second-order valence-electron chi connectivity index (χ2n) is 7.56. The van der Waals surface area contributed by atoms with Crippen LogP contribution in [0, 0.1) is 0 Å². The SMILES string of the molecule is CCCCc1noc(CN2CCN(CC(=O)N3CCCCCC3)CC2)n1. The Bertz CT molecular complexity index is 546. The van der Waals surface area contributed by atoms with E-state index in [1.807, 2.05) is 0 Å². The molecule has 0 N–H and O–H groups in total. The number of hydrogen-bond donors (Lipinski definition) is 0. The summed E-state index contributed by atoms with van der Waals surface area (Å²) in [6.07, 6.45) is 7.97. The van der Waals surface area contributed by atoms with Crippen LogP contribution in [0.15, 0.2) is 4.52 Å².